The highest BCUT2D eigenvalue weighted by Crippen LogP contribution is 2.12. The molecule has 0 radical (unpaired) electrons. The van der Waals surface area contributed by atoms with Gasteiger partial charge in [0.05, 0.1) is 11.5 Å². The van der Waals surface area contributed by atoms with Gasteiger partial charge >= 0.3 is 16.2 Å². The summed E-state index contributed by atoms with van der Waals surface area (Å²) < 4.78 is 33.0. The summed E-state index contributed by atoms with van der Waals surface area (Å²) in [5.41, 5.74) is 3.70. The summed E-state index contributed by atoms with van der Waals surface area (Å²) in [5, 5.41) is 0. The van der Waals surface area contributed by atoms with E-state index in [-0.39, 0.29) is 11.5 Å². The van der Waals surface area contributed by atoms with E-state index in [9.17, 15) is 13.2 Å². The first-order valence-electron chi connectivity index (χ1n) is 6.94. The van der Waals surface area contributed by atoms with Crippen molar-refractivity contribution < 1.29 is 22.2 Å². The average molecular weight is 335 g/mol. The standard InChI is InChI=1S/C16H17NO5S/c1-13-7-9-15(10-8-13)23(19,20)22-17-16(18)21-12-11-14-5-3-2-4-6-14/h2-10H,11-12H2,1H3,(H,17,18). The normalized spacial score (nSPS) is 11.0. The van der Waals surface area contributed by atoms with Crippen molar-refractivity contribution in [2.45, 2.75) is 18.2 Å². The highest BCUT2D eigenvalue weighted by atomic mass is 32.2. The van der Waals surface area contributed by atoms with E-state index in [2.05, 4.69) is 4.28 Å². The minimum atomic E-state index is -4.06. The van der Waals surface area contributed by atoms with Gasteiger partial charge in [0.15, 0.2) is 0 Å². The van der Waals surface area contributed by atoms with Gasteiger partial charge in [-0.25, -0.2) is 4.79 Å². The van der Waals surface area contributed by atoms with E-state index in [0.29, 0.717) is 6.42 Å². The van der Waals surface area contributed by atoms with Crippen molar-refractivity contribution in [2.75, 3.05) is 6.61 Å². The van der Waals surface area contributed by atoms with Gasteiger partial charge in [0.2, 0.25) is 0 Å². The summed E-state index contributed by atoms with van der Waals surface area (Å²) >= 11 is 0. The molecular weight excluding hydrogens is 318 g/mol. The van der Waals surface area contributed by atoms with Gasteiger partial charge in [0.25, 0.3) is 0 Å². The molecule has 0 aliphatic carbocycles. The Morgan fingerprint density at radius 1 is 1.04 bits per heavy atom. The molecule has 2 aromatic carbocycles. The fourth-order valence-corrected chi connectivity index (χ4v) is 2.52. The van der Waals surface area contributed by atoms with E-state index in [1.54, 1.807) is 17.6 Å². The molecule has 6 nitrogen and oxygen atoms in total. The van der Waals surface area contributed by atoms with Gasteiger partial charge in [0.1, 0.15) is 0 Å². The minimum absolute atomic E-state index is 0.0484. The zero-order valence-electron chi connectivity index (χ0n) is 12.6. The Bertz CT molecular complexity index is 742. The Kier molecular flexibility index (Phi) is 5.72. The molecule has 0 fully saturated rings. The Balaban J connectivity index is 1.78. The Morgan fingerprint density at radius 3 is 2.35 bits per heavy atom. The first-order valence-corrected chi connectivity index (χ1v) is 8.35. The van der Waals surface area contributed by atoms with Crippen LogP contribution in [0.4, 0.5) is 4.79 Å². The monoisotopic (exact) mass is 335 g/mol. The maximum atomic E-state index is 11.9. The van der Waals surface area contributed by atoms with Gasteiger partial charge < -0.3 is 4.74 Å². The highest BCUT2D eigenvalue weighted by molar-refractivity contribution is 7.86. The van der Waals surface area contributed by atoms with Crippen LogP contribution in [0.1, 0.15) is 11.1 Å². The van der Waals surface area contributed by atoms with Crippen molar-refractivity contribution in [1.29, 1.82) is 0 Å². The second kappa shape index (κ2) is 7.75. The summed E-state index contributed by atoms with van der Waals surface area (Å²) in [6, 6.07) is 15.5. The van der Waals surface area contributed by atoms with Crippen LogP contribution < -0.4 is 5.48 Å². The SMILES string of the molecule is Cc1ccc(S(=O)(=O)ONC(=O)OCCc2ccccc2)cc1. The lowest BCUT2D eigenvalue weighted by Gasteiger charge is -2.08. The smallest absolute Gasteiger partial charge is 0.432 e. The quantitative estimate of drug-likeness (QED) is 0.821. The molecule has 7 heteroatoms. The number of benzene rings is 2. The van der Waals surface area contributed by atoms with Crippen LogP contribution in [0.3, 0.4) is 0 Å². The number of hydrogen-bond acceptors (Lipinski definition) is 5. The lowest BCUT2D eigenvalue weighted by atomic mass is 10.2. The molecule has 2 aromatic rings. The summed E-state index contributed by atoms with van der Waals surface area (Å²) in [6.07, 6.45) is -0.435. The second-order valence-electron chi connectivity index (χ2n) is 4.82. The molecule has 0 heterocycles. The summed E-state index contributed by atoms with van der Waals surface area (Å²) in [4.78, 5) is 11.4. The van der Waals surface area contributed by atoms with Crippen molar-refractivity contribution >= 4 is 16.2 Å². The number of hydrogen-bond donors (Lipinski definition) is 1. The van der Waals surface area contributed by atoms with Crippen molar-refractivity contribution in [3.05, 3.63) is 65.7 Å². The fourth-order valence-electron chi connectivity index (χ4n) is 1.78. The van der Waals surface area contributed by atoms with Crippen molar-refractivity contribution in [3.8, 4) is 0 Å². The first kappa shape index (κ1) is 17.0. The van der Waals surface area contributed by atoms with Crippen molar-refractivity contribution in [2.24, 2.45) is 0 Å². The number of ether oxygens (including phenoxy) is 1. The zero-order valence-corrected chi connectivity index (χ0v) is 13.4. The molecule has 0 spiro atoms. The van der Waals surface area contributed by atoms with Crippen LogP contribution in [0.2, 0.25) is 0 Å². The second-order valence-corrected chi connectivity index (χ2v) is 6.37. The van der Waals surface area contributed by atoms with E-state index in [0.717, 1.165) is 11.1 Å². The van der Waals surface area contributed by atoms with Crippen LogP contribution >= 0.6 is 0 Å². The molecule has 0 saturated heterocycles. The van der Waals surface area contributed by atoms with Gasteiger partial charge in [-0.3, -0.25) is 0 Å². The highest BCUT2D eigenvalue weighted by Gasteiger charge is 2.17. The number of carbonyl (C=O) groups is 1. The number of amides is 1. The molecule has 0 unspecified atom stereocenters. The molecule has 0 atom stereocenters. The summed E-state index contributed by atoms with van der Waals surface area (Å²) in [6.45, 7) is 1.95. The zero-order chi connectivity index (χ0) is 16.7. The average Bonchev–Trinajstić information content (AvgIpc) is 2.54. The van der Waals surface area contributed by atoms with E-state index >= 15 is 0 Å². The van der Waals surface area contributed by atoms with E-state index < -0.39 is 16.2 Å². The molecular formula is C16H17NO5S. The Morgan fingerprint density at radius 2 is 1.70 bits per heavy atom. The van der Waals surface area contributed by atoms with Gasteiger partial charge in [-0.05, 0) is 24.6 Å². The minimum Gasteiger partial charge on any atom is -0.448 e. The maximum Gasteiger partial charge on any atom is 0.432 e. The molecule has 0 aliphatic heterocycles. The first-order chi connectivity index (χ1) is 11.0. The topological polar surface area (TPSA) is 81.7 Å². The van der Waals surface area contributed by atoms with Gasteiger partial charge in [-0.15, -0.1) is 4.28 Å². The third-order valence-electron chi connectivity index (χ3n) is 3.01. The lowest BCUT2D eigenvalue weighted by molar-refractivity contribution is 0.103. The molecule has 23 heavy (non-hydrogen) atoms. The van der Waals surface area contributed by atoms with Crippen molar-refractivity contribution in [3.63, 3.8) is 0 Å². The number of aryl methyl sites for hydroxylation is 1. The van der Waals surface area contributed by atoms with E-state index in [1.807, 2.05) is 37.3 Å². The van der Waals surface area contributed by atoms with E-state index in [4.69, 9.17) is 4.74 Å². The predicted octanol–water partition coefficient (Wildman–Crippen LogP) is 2.58. The fraction of sp³-hybridized carbons (Fsp3) is 0.188. The van der Waals surface area contributed by atoms with Crippen LogP contribution in [0.25, 0.3) is 0 Å². The molecule has 0 aliphatic rings. The molecule has 1 amide bonds. The number of rotatable bonds is 6. The van der Waals surface area contributed by atoms with Crippen LogP contribution in [-0.4, -0.2) is 21.1 Å². The van der Waals surface area contributed by atoms with E-state index in [1.165, 1.54) is 12.1 Å². The third kappa shape index (κ3) is 5.39. The summed E-state index contributed by atoms with van der Waals surface area (Å²) in [7, 11) is -4.06. The third-order valence-corrected chi connectivity index (χ3v) is 4.16. The molecule has 0 bridgehead atoms. The lowest BCUT2D eigenvalue weighted by Crippen LogP contribution is -2.28. The molecule has 2 rings (SSSR count). The van der Waals surface area contributed by atoms with Crippen LogP contribution in [0.5, 0.6) is 0 Å². The van der Waals surface area contributed by atoms with Crippen LogP contribution in [-0.2, 0) is 25.6 Å². The van der Waals surface area contributed by atoms with Crippen molar-refractivity contribution in [1.82, 2.24) is 5.48 Å². The van der Waals surface area contributed by atoms with Crippen LogP contribution in [0, 0.1) is 6.92 Å². The van der Waals surface area contributed by atoms with Gasteiger partial charge in [0, 0.05) is 6.42 Å². The molecule has 0 saturated carbocycles. The number of hydroxylamine groups is 1. The molecule has 122 valence electrons. The Labute approximate surface area is 135 Å². The van der Waals surface area contributed by atoms with Gasteiger partial charge in [-0.1, -0.05) is 48.0 Å². The number of carbonyl (C=O) groups excluding carboxylic acids is 1. The Hall–Kier alpha value is -2.38. The largest absolute Gasteiger partial charge is 0.448 e. The molecule has 0 aromatic heterocycles. The summed E-state index contributed by atoms with van der Waals surface area (Å²) in [5.74, 6) is 0. The predicted molar refractivity (Wildman–Crippen MR) is 84.1 cm³/mol. The maximum absolute atomic E-state index is 11.9. The molecule has 1 N–H and O–H groups in total. The van der Waals surface area contributed by atoms with Gasteiger partial charge in [-0.2, -0.15) is 13.9 Å². The van der Waals surface area contributed by atoms with Crippen LogP contribution in [0.15, 0.2) is 59.5 Å². The number of nitrogens with one attached hydrogen (secondary N) is 1.